The first-order chi connectivity index (χ1) is 14.0. The number of nitrogens with zero attached hydrogens (tertiary/aromatic N) is 4. The summed E-state index contributed by atoms with van der Waals surface area (Å²) in [4.78, 5) is 0.410. The lowest BCUT2D eigenvalue weighted by molar-refractivity contribution is 0.261. The molecule has 1 fully saturated rings. The molecule has 0 N–H and O–H groups in total. The molecule has 152 valence electrons. The highest BCUT2D eigenvalue weighted by Crippen LogP contribution is 2.27. The molecule has 0 aliphatic carbocycles. The van der Waals surface area contributed by atoms with Crippen LogP contribution in [0, 0.1) is 12.8 Å². The number of hydrogen-bond donors (Lipinski definition) is 0. The molecular formula is C22H26N4O2S. The zero-order chi connectivity index (χ0) is 20.3. The van der Waals surface area contributed by atoms with Gasteiger partial charge in [0.25, 0.3) is 0 Å². The summed E-state index contributed by atoms with van der Waals surface area (Å²) in [6, 6.07) is 17.4. The molecule has 0 spiro atoms. The Labute approximate surface area is 172 Å². The number of aryl methyl sites for hydroxylation is 1. The van der Waals surface area contributed by atoms with Crippen LogP contribution in [0.15, 0.2) is 65.8 Å². The molecule has 1 aromatic heterocycles. The van der Waals surface area contributed by atoms with Gasteiger partial charge in [-0.15, -0.1) is 10.2 Å². The minimum absolute atomic E-state index is 0.237. The van der Waals surface area contributed by atoms with Crippen LogP contribution in [-0.4, -0.2) is 40.6 Å². The normalized spacial score (nSPS) is 18.0. The van der Waals surface area contributed by atoms with Crippen molar-refractivity contribution in [3.8, 4) is 0 Å². The van der Waals surface area contributed by atoms with Crippen molar-refractivity contribution in [1.82, 2.24) is 19.1 Å². The fourth-order valence-electron chi connectivity index (χ4n) is 4.00. The topological polar surface area (TPSA) is 68.1 Å². The number of hydrogen-bond acceptors (Lipinski definition) is 4. The maximum atomic E-state index is 13.2. The molecule has 3 aromatic rings. The second kappa shape index (κ2) is 8.47. The zero-order valence-corrected chi connectivity index (χ0v) is 17.4. The molecule has 4 rings (SSSR count). The van der Waals surface area contributed by atoms with E-state index in [1.165, 1.54) is 5.56 Å². The van der Waals surface area contributed by atoms with Gasteiger partial charge < -0.3 is 4.57 Å². The van der Waals surface area contributed by atoms with Crippen molar-refractivity contribution in [3.63, 3.8) is 0 Å². The second-order valence-corrected chi connectivity index (χ2v) is 9.61. The fourth-order valence-corrected chi connectivity index (χ4v) is 5.78. The van der Waals surface area contributed by atoms with Crippen molar-refractivity contribution in [1.29, 1.82) is 0 Å². The van der Waals surface area contributed by atoms with E-state index in [0.29, 0.717) is 18.0 Å². The monoisotopic (exact) mass is 410 g/mol. The van der Waals surface area contributed by atoms with Crippen LogP contribution in [0.1, 0.15) is 29.8 Å². The molecule has 0 amide bonds. The number of rotatable bonds is 6. The minimum atomic E-state index is -3.47. The first-order valence-electron chi connectivity index (χ1n) is 10.0. The molecule has 0 radical (unpaired) electrons. The Morgan fingerprint density at radius 3 is 2.62 bits per heavy atom. The summed E-state index contributed by atoms with van der Waals surface area (Å²) >= 11 is 0. The first-order valence-corrected chi connectivity index (χ1v) is 11.4. The van der Waals surface area contributed by atoms with E-state index in [1.54, 1.807) is 22.8 Å². The number of aromatic nitrogens is 3. The Morgan fingerprint density at radius 2 is 1.83 bits per heavy atom. The van der Waals surface area contributed by atoms with Gasteiger partial charge in [-0.1, -0.05) is 48.5 Å². The lowest BCUT2D eigenvalue weighted by Crippen LogP contribution is -2.40. The summed E-state index contributed by atoms with van der Waals surface area (Å²) in [5.41, 5.74) is 1.98. The van der Waals surface area contributed by atoms with Crippen LogP contribution in [0.4, 0.5) is 0 Å². The molecule has 6 nitrogen and oxygen atoms in total. The number of sulfonamides is 1. The van der Waals surface area contributed by atoms with Gasteiger partial charge in [0.15, 0.2) is 0 Å². The SMILES string of the molecule is Cc1ccccc1S(=O)(=O)N1CCCC(Cc2nncn2Cc2ccccc2)C1. The molecule has 1 unspecified atom stereocenters. The van der Waals surface area contributed by atoms with E-state index in [1.807, 2.05) is 37.3 Å². The molecule has 0 saturated carbocycles. The molecule has 29 heavy (non-hydrogen) atoms. The van der Waals surface area contributed by atoms with Gasteiger partial charge in [-0.25, -0.2) is 8.42 Å². The van der Waals surface area contributed by atoms with Crippen molar-refractivity contribution >= 4 is 10.0 Å². The second-order valence-electron chi connectivity index (χ2n) is 7.70. The van der Waals surface area contributed by atoms with Gasteiger partial charge in [0, 0.05) is 19.5 Å². The van der Waals surface area contributed by atoms with Gasteiger partial charge in [0.1, 0.15) is 12.2 Å². The Morgan fingerprint density at radius 1 is 1.07 bits per heavy atom. The molecule has 1 saturated heterocycles. The predicted molar refractivity (Wildman–Crippen MR) is 112 cm³/mol. The van der Waals surface area contributed by atoms with Crippen LogP contribution in [0.2, 0.25) is 0 Å². The van der Waals surface area contributed by atoms with Gasteiger partial charge in [0.05, 0.1) is 11.4 Å². The Hall–Kier alpha value is -2.51. The lowest BCUT2D eigenvalue weighted by Gasteiger charge is -2.32. The van der Waals surface area contributed by atoms with Crippen LogP contribution < -0.4 is 0 Å². The van der Waals surface area contributed by atoms with E-state index in [4.69, 9.17) is 0 Å². The molecule has 7 heteroatoms. The fraction of sp³-hybridized carbons (Fsp3) is 0.364. The van der Waals surface area contributed by atoms with Crippen LogP contribution in [0.3, 0.4) is 0 Å². The average Bonchev–Trinajstić information content (AvgIpc) is 3.15. The molecule has 2 heterocycles. The van der Waals surface area contributed by atoms with E-state index in [0.717, 1.165) is 37.2 Å². The highest BCUT2D eigenvalue weighted by molar-refractivity contribution is 7.89. The molecular weight excluding hydrogens is 384 g/mol. The van der Waals surface area contributed by atoms with Crippen LogP contribution in [0.5, 0.6) is 0 Å². The Balaban J connectivity index is 1.48. The quantitative estimate of drug-likeness (QED) is 0.625. The van der Waals surface area contributed by atoms with E-state index < -0.39 is 10.0 Å². The van der Waals surface area contributed by atoms with Gasteiger partial charge in [-0.3, -0.25) is 0 Å². The van der Waals surface area contributed by atoms with E-state index in [9.17, 15) is 8.42 Å². The van der Waals surface area contributed by atoms with Crippen LogP contribution in [0.25, 0.3) is 0 Å². The van der Waals surface area contributed by atoms with Crippen molar-refractivity contribution in [2.45, 2.75) is 37.6 Å². The van der Waals surface area contributed by atoms with Crippen LogP contribution >= 0.6 is 0 Å². The minimum Gasteiger partial charge on any atom is -0.313 e. The summed E-state index contributed by atoms with van der Waals surface area (Å²) in [6.45, 7) is 3.67. The van der Waals surface area contributed by atoms with Gasteiger partial charge >= 0.3 is 0 Å². The summed E-state index contributed by atoms with van der Waals surface area (Å²) in [5.74, 6) is 1.15. The number of benzene rings is 2. The maximum absolute atomic E-state index is 13.2. The largest absolute Gasteiger partial charge is 0.313 e. The van der Waals surface area contributed by atoms with Crippen LogP contribution in [-0.2, 0) is 23.0 Å². The van der Waals surface area contributed by atoms with Gasteiger partial charge in [0.2, 0.25) is 10.0 Å². The molecule has 1 atom stereocenters. The van der Waals surface area contributed by atoms with E-state index in [2.05, 4.69) is 26.9 Å². The summed E-state index contributed by atoms with van der Waals surface area (Å²) in [6.07, 6.45) is 4.35. The maximum Gasteiger partial charge on any atom is 0.243 e. The Bertz CT molecular complexity index is 1060. The Kier molecular flexibility index (Phi) is 5.78. The standard InChI is InChI=1S/C22H26N4O2S/c1-18-8-5-6-12-21(18)29(27,28)26-13-7-11-20(16-26)14-22-24-23-17-25(22)15-19-9-3-2-4-10-19/h2-6,8-10,12,17,20H,7,11,13-16H2,1H3. The highest BCUT2D eigenvalue weighted by atomic mass is 32.2. The van der Waals surface area contributed by atoms with Crippen molar-refractivity contribution in [2.24, 2.45) is 5.92 Å². The summed E-state index contributed by atoms with van der Waals surface area (Å²) in [5, 5.41) is 8.40. The lowest BCUT2D eigenvalue weighted by atomic mass is 9.96. The van der Waals surface area contributed by atoms with Crippen molar-refractivity contribution in [2.75, 3.05) is 13.1 Å². The zero-order valence-electron chi connectivity index (χ0n) is 16.6. The first kappa shape index (κ1) is 19.8. The smallest absolute Gasteiger partial charge is 0.243 e. The van der Waals surface area contributed by atoms with Gasteiger partial charge in [-0.05, 0) is 42.9 Å². The summed E-state index contributed by atoms with van der Waals surface area (Å²) < 4.78 is 30.0. The number of piperidine rings is 1. The van der Waals surface area contributed by atoms with Crippen molar-refractivity contribution in [3.05, 3.63) is 77.9 Å². The summed E-state index contributed by atoms with van der Waals surface area (Å²) in [7, 11) is -3.47. The van der Waals surface area contributed by atoms with E-state index >= 15 is 0 Å². The molecule has 1 aliphatic heterocycles. The highest BCUT2D eigenvalue weighted by Gasteiger charge is 2.31. The van der Waals surface area contributed by atoms with Crippen molar-refractivity contribution < 1.29 is 8.42 Å². The van der Waals surface area contributed by atoms with Gasteiger partial charge in [-0.2, -0.15) is 4.31 Å². The van der Waals surface area contributed by atoms with E-state index in [-0.39, 0.29) is 5.92 Å². The third-order valence-electron chi connectivity index (χ3n) is 5.56. The predicted octanol–water partition coefficient (Wildman–Crippen LogP) is 3.28. The third kappa shape index (κ3) is 4.41. The third-order valence-corrected chi connectivity index (χ3v) is 7.58. The molecule has 0 bridgehead atoms. The molecule has 2 aromatic carbocycles. The molecule has 1 aliphatic rings. The average molecular weight is 411 g/mol.